The van der Waals surface area contributed by atoms with E-state index in [0.29, 0.717) is 6.04 Å². The quantitative estimate of drug-likeness (QED) is 0.835. The van der Waals surface area contributed by atoms with Crippen molar-refractivity contribution in [1.82, 2.24) is 5.32 Å². The molecule has 1 unspecified atom stereocenters. The largest absolute Gasteiger partial charge is 0.309 e. The number of thiophene rings is 1. The molecule has 1 nitrogen and oxygen atoms in total. The van der Waals surface area contributed by atoms with E-state index in [1.807, 2.05) is 6.07 Å². The Morgan fingerprint density at radius 3 is 2.47 bits per heavy atom. The van der Waals surface area contributed by atoms with Gasteiger partial charge in [-0.25, -0.2) is 0 Å². The number of nitrogens with one attached hydrogen (secondary N) is 1. The van der Waals surface area contributed by atoms with Crippen molar-refractivity contribution >= 4 is 22.9 Å². The zero-order valence-corrected chi connectivity index (χ0v) is 12.6. The third-order valence-corrected chi connectivity index (χ3v) is 5.27. The number of benzene rings is 1. The third-order valence-electron chi connectivity index (χ3n) is 3.98. The SMILES string of the molecule is CCNC(c1ccc(Cl)s1)C1(c2ccccc2)CC1. The summed E-state index contributed by atoms with van der Waals surface area (Å²) < 4.78 is 0.877. The van der Waals surface area contributed by atoms with E-state index in [4.69, 9.17) is 11.6 Å². The molecule has 0 radical (unpaired) electrons. The molecule has 1 aromatic heterocycles. The van der Waals surface area contributed by atoms with E-state index in [-0.39, 0.29) is 5.41 Å². The summed E-state index contributed by atoms with van der Waals surface area (Å²) in [5.41, 5.74) is 1.72. The van der Waals surface area contributed by atoms with Crippen molar-refractivity contribution in [1.29, 1.82) is 0 Å². The van der Waals surface area contributed by atoms with Gasteiger partial charge in [-0.15, -0.1) is 11.3 Å². The van der Waals surface area contributed by atoms with Crippen LogP contribution in [0, 0.1) is 0 Å². The normalized spacial score (nSPS) is 18.2. The lowest BCUT2D eigenvalue weighted by Crippen LogP contribution is -2.31. The molecule has 1 N–H and O–H groups in total. The average molecular weight is 292 g/mol. The molecule has 19 heavy (non-hydrogen) atoms. The molecule has 0 spiro atoms. The molecule has 1 aliphatic carbocycles. The van der Waals surface area contributed by atoms with Gasteiger partial charge in [0.2, 0.25) is 0 Å². The highest BCUT2D eigenvalue weighted by Crippen LogP contribution is 2.57. The van der Waals surface area contributed by atoms with E-state index >= 15 is 0 Å². The molecule has 1 aliphatic rings. The Hall–Kier alpha value is -0.830. The number of hydrogen-bond donors (Lipinski definition) is 1. The molecule has 0 aliphatic heterocycles. The third kappa shape index (κ3) is 2.45. The summed E-state index contributed by atoms with van der Waals surface area (Å²) in [6, 6.07) is 15.4. The molecular formula is C16H18ClNS. The molecule has 3 heteroatoms. The zero-order chi connectivity index (χ0) is 13.3. The summed E-state index contributed by atoms with van der Waals surface area (Å²) in [5, 5.41) is 3.67. The van der Waals surface area contributed by atoms with E-state index in [0.717, 1.165) is 10.9 Å². The molecule has 3 rings (SSSR count). The molecule has 2 aromatic rings. The maximum atomic E-state index is 6.11. The van der Waals surface area contributed by atoms with Gasteiger partial charge in [0.05, 0.1) is 10.4 Å². The minimum absolute atomic E-state index is 0.269. The molecule has 1 fully saturated rings. The Morgan fingerprint density at radius 2 is 1.95 bits per heavy atom. The van der Waals surface area contributed by atoms with Gasteiger partial charge in [0, 0.05) is 10.3 Å². The predicted molar refractivity (Wildman–Crippen MR) is 83.1 cm³/mol. The van der Waals surface area contributed by atoms with E-state index in [2.05, 4.69) is 48.6 Å². The first-order valence-electron chi connectivity index (χ1n) is 6.80. The topological polar surface area (TPSA) is 12.0 Å². The summed E-state index contributed by atoms with van der Waals surface area (Å²) in [5.74, 6) is 0. The minimum Gasteiger partial charge on any atom is -0.309 e. The molecule has 0 saturated heterocycles. The van der Waals surface area contributed by atoms with Gasteiger partial charge in [-0.05, 0) is 37.1 Å². The van der Waals surface area contributed by atoms with E-state index < -0.39 is 0 Å². The first-order chi connectivity index (χ1) is 9.26. The fourth-order valence-electron chi connectivity index (χ4n) is 2.90. The lowest BCUT2D eigenvalue weighted by atomic mass is 9.87. The maximum absolute atomic E-state index is 6.11. The van der Waals surface area contributed by atoms with Gasteiger partial charge in [0.15, 0.2) is 0 Å². The maximum Gasteiger partial charge on any atom is 0.0931 e. The highest BCUT2D eigenvalue weighted by atomic mass is 35.5. The molecular weight excluding hydrogens is 274 g/mol. The van der Waals surface area contributed by atoms with Crippen LogP contribution in [-0.4, -0.2) is 6.54 Å². The highest BCUT2D eigenvalue weighted by molar-refractivity contribution is 7.16. The van der Waals surface area contributed by atoms with Crippen molar-refractivity contribution in [2.24, 2.45) is 0 Å². The van der Waals surface area contributed by atoms with Crippen molar-refractivity contribution in [3.63, 3.8) is 0 Å². The molecule has 1 saturated carbocycles. The standard InChI is InChI=1S/C16H18ClNS/c1-2-18-15(13-8-9-14(17)19-13)16(10-11-16)12-6-4-3-5-7-12/h3-9,15,18H,2,10-11H2,1H3. The number of rotatable bonds is 5. The van der Waals surface area contributed by atoms with Crippen LogP contribution in [-0.2, 0) is 5.41 Å². The van der Waals surface area contributed by atoms with Crippen LogP contribution in [0.2, 0.25) is 4.34 Å². The number of halogens is 1. The van der Waals surface area contributed by atoms with Crippen LogP contribution in [0.1, 0.15) is 36.2 Å². The van der Waals surface area contributed by atoms with Crippen LogP contribution in [0.3, 0.4) is 0 Å². The van der Waals surface area contributed by atoms with E-state index in [1.54, 1.807) is 11.3 Å². The van der Waals surface area contributed by atoms with Crippen molar-refractivity contribution in [3.05, 3.63) is 57.2 Å². The van der Waals surface area contributed by atoms with E-state index in [9.17, 15) is 0 Å². The summed E-state index contributed by atoms with van der Waals surface area (Å²) in [6.07, 6.45) is 2.51. The van der Waals surface area contributed by atoms with Crippen molar-refractivity contribution in [2.45, 2.75) is 31.2 Å². The lowest BCUT2D eigenvalue weighted by Gasteiger charge is -2.27. The molecule has 100 valence electrons. The summed E-state index contributed by atoms with van der Waals surface area (Å²) in [4.78, 5) is 1.35. The van der Waals surface area contributed by atoms with Gasteiger partial charge < -0.3 is 5.32 Å². The Kier molecular flexibility index (Phi) is 3.66. The summed E-state index contributed by atoms with van der Waals surface area (Å²) in [6.45, 7) is 3.15. The summed E-state index contributed by atoms with van der Waals surface area (Å²) in [7, 11) is 0. The Morgan fingerprint density at radius 1 is 1.21 bits per heavy atom. The molecule has 0 bridgehead atoms. The van der Waals surface area contributed by atoms with Crippen LogP contribution in [0.4, 0.5) is 0 Å². The van der Waals surface area contributed by atoms with E-state index in [1.165, 1.54) is 23.3 Å². The number of likely N-dealkylation sites (N-methyl/N-ethyl adjacent to an activating group) is 1. The Bertz CT molecular complexity index is 545. The van der Waals surface area contributed by atoms with Crippen LogP contribution in [0.25, 0.3) is 0 Å². The molecule has 0 amide bonds. The second-order valence-electron chi connectivity index (χ2n) is 5.15. The fourth-order valence-corrected chi connectivity index (χ4v) is 4.16. The smallest absolute Gasteiger partial charge is 0.0931 e. The van der Waals surface area contributed by atoms with Crippen LogP contribution in [0.5, 0.6) is 0 Å². The Labute approximate surface area is 123 Å². The average Bonchev–Trinajstić information content (AvgIpc) is 3.14. The van der Waals surface area contributed by atoms with Gasteiger partial charge in [-0.3, -0.25) is 0 Å². The monoisotopic (exact) mass is 291 g/mol. The summed E-state index contributed by atoms with van der Waals surface area (Å²) >= 11 is 7.81. The molecule has 1 heterocycles. The number of hydrogen-bond acceptors (Lipinski definition) is 2. The first kappa shape index (κ1) is 13.2. The van der Waals surface area contributed by atoms with Crippen molar-refractivity contribution in [3.8, 4) is 0 Å². The zero-order valence-electron chi connectivity index (χ0n) is 11.0. The second kappa shape index (κ2) is 5.28. The van der Waals surface area contributed by atoms with Crippen molar-refractivity contribution < 1.29 is 0 Å². The van der Waals surface area contributed by atoms with Crippen LogP contribution in [0.15, 0.2) is 42.5 Å². The Balaban J connectivity index is 1.96. The fraction of sp³-hybridized carbons (Fsp3) is 0.375. The van der Waals surface area contributed by atoms with Gasteiger partial charge in [-0.2, -0.15) is 0 Å². The highest BCUT2D eigenvalue weighted by Gasteiger charge is 2.51. The van der Waals surface area contributed by atoms with Gasteiger partial charge in [0.1, 0.15) is 0 Å². The second-order valence-corrected chi connectivity index (χ2v) is 6.90. The molecule has 1 atom stereocenters. The predicted octanol–water partition coefficient (Wildman–Crippen LogP) is 4.78. The van der Waals surface area contributed by atoms with Crippen LogP contribution < -0.4 is 5.32 Å². The molecule has 1 aromatic carbocycles. The van der Waals surface area contributed by atoms with Gasteiger partial charge >= 0.3 is 0 Å². The van der Waals surface area contributed by atoms with Gasteiger partial charge in [0.25, 0.3) is 0 Å². The minimum atomic E-state index is 0.269. The van der Waals surface area contributed by atoms with Gasteiger partial charge in [-0.1, -0.05) is 48.9 Å². The first-order valence-corrected chi connectivity index (χ1v) is 8.00. The van der Waals surface area contributed by atoms with Crippen molar-refractivity contribution in [2.75, 3.05) is 6.54 Å². The van der Waals surface area contributed by atoms with Crippen LogP contribution >= 0.6 is 22.9 Å². The lowest BCUT2D eigenvalue weighted by molar-refractivity contribution is 0.446.